The van der Waals surface area contributed by atoms with E-state index in [2.05, 4.69) is 39.4 Å². The summed E-state index contributed by atoms with van der Waals surface area (Å²) in [5.41, 5.74) is 3.37. The summed E-state index contributed by atoms with van der Waals surface area (Å²) in [7, 11) is 1.53. The molecule has 12 heteroatoms. The molecule has 1 aliphatic heterocycles. The van der Waals surface area contributed by atoms with E-state index in [1.165, 1.54) is 52.0 Å². The van der Waals surface area contributed by atoms with Crippen molar-refractivity contribution >= 4 is 51.3 Å². The van der Waals surface area contributed by atoms with Gasteiger partial charge in [0.1, 0.15) is 0 Å². The molecule has 5 rings (SSSR count). The lowest BCUT2D eigenvalue weighted by atomic mass is 9.95. The van der Waals surface area contributed by atoms with Crippen LogP contribution in [0.3, 0.4) is 0 Å². The fourth-order valence-corrected chi connectivity index (χ4v) is 7.33. The zero-order chi connectivity index (χ0) is 30.8. The van der Waals surface area contributed by atoms with E-state index in [-0.39, 0.29) is 10.7 Å². The number of aliphatic hydroxyl groups excluding tert-OH is 1. The number of thioether (sulfide) groups is 1. The predicted molar refractivity (Wildman–Crippen MR) is 170 cm³/mol. The number of aliphatic hydroxyl groups is 1. The van der Waals surface area contributed by atoms with Crippen LogP contribution in [0.15, 0.2) is 58.1 Å². The maximum absolute atomic E-state index is 14.0. The Morgan fingerprint density at radius 2 is 1.81 bits per heavy atom. The average molecular weight is 637 g/mol. The Bertz CT molecular complexity index is 1690. The molecular formula is C31H32N4O5S3. The van der Waals surface area contributed by atoms with Crippen molar-refractivity contribution in [2.24, 2.45) is 5.92 Å². The first kappa shape index (κ1) is 30.7. The minimum atomic E-state index is -0.974. The van der Waals surface area contributed by atoms with Gasteiger partial charge >= 0.3 is 0 Å². The number of thiazole rings is 1. The number of ketones is 1. The highest BCUT2D eigenvalue weighted by molar-refractivity contribution is 8.00. The van der Waals surface area contributed by atoms with Crippen molar-refractivity contribution in [3.8, 4) is 11.5 Å². The highest BCUT2D eigenvalue weighted by Gasteiger charge is 2.47. The van der Waals surface area contributed by atoms with Gasteiger partial charge in [-0.3, -0.25) is 14.5 Å². The summed E-state index contributed by atoms with van der Waals surface area (Å²) in [5, 5.41) is 20.8. The summed E-state index contributed by atoms with van der Waals surface area (Å²) in [6, 6.07) is 12.5. The third-order valence-electron chi connectivity index (χ3n) is 6.72. The first-order valence-corrected chi connectivity index (χ1v) is 16.3. The number of ether oxygens (including phenoxy) is 2. The van der Waals surface area contributed by atoms with E-state index >= 15 is 0 Å². The van der Waals surface area contributed by atoms with E-state index in [9.17, 15) is 14.7 Å². The summed E-state index contributed by atoms with van der Waals surface area (Å²) in [5.74, 6) is 0.161. The van der Waals surface area contributed by atoms with Crippen LogP contribution in [0.1, 0.15) is 57.0 Å². The van der Waals surface area contributed by atoms with E-state index < -0.39 is 23.5 Å². The number of rotatable bonds is 11. The largest absolute Gasteiger partial charge is 0.503 e. The van der Waals surface area contributed by atoms with Crippen LogP contribution in [0.2, 0.25) is 0 Å². The lowest BCUT2D eigenvalue weighted by molar-refractivity contribution is -0.117. The quantitative estimate of drug-likeness (QED) is 0.105. The number of hydrogen-bond acceptors (Lipinski definition) is 11. The molecule has 0 spiro atoms. The number of aromatic nitrogens is 3. The van der Waals surface area contributed by atoms with Gasteiger partial charge in [0.2, 0.25) is 10.9 Å². The van der Waals surface area contributed by atoms with Crippen molar-refractivity contribution in [1.29, 1.82) is 0 Å². The number of aryl methyl sites for hydroxylation is 3. The predicted octanol–water partition coefficient (Wildman–Crippen LogP) is 7.04. The number of carbonyl (C=O) groups is 2. The van der Waals surface area contributed by atoms with Crippen LogP contribution in [0, 0.1) is 26.7 Å². The van der Waals surface area contributed by atoms with Gasteiger partial charge in [0.15, 0.2) is 21.6 Å². The van der Waals surface area contributed by atoms with Crippen LogP contribution in [-0.2, 0) is 10.5 Å². The molecule has 0 aliphatic carbocycles. The molecule has 0 saturated carbocycles. The highest BCUT2D eigenvalue weighted by Crippen LogP contribution is 2.46. The molecule has 1 amide bonds. The van der Waals surface area contributed by atoms with E-state index in [1.807, 2.05) is 27.7 Å². The molecule has 0 fully saturated rings. The van der Waals surface area contributed by atoms with E-state index in [0.717, 1.165) is 5.56 Å². The van der Waals surface area contributed by atoms with Crippen LogP contribution in [0.5, 0.6) is 11.5 Å². The fraction of sp³-hybridized carbons (Fsp3) is 0.323. The van der Waals surface area contributed by atoms with E-state index in [1.54, 1.807) is 25.1 Å². The van der Waals surface area contributed by atoms with Crippen LogP contribution in [-0.4, -0.2) is 45.7 Å². The van der Waals surface area contributed by atoms with Crippen LogP contribution in [0.25, 0.3) is 0 Å². The van der Waals surface area contributed by atoms with Gasteiger partial charge in [0, 0.05) is 5.75 Å². The van der Waals surface area contributed by atoms with Crippen molar-refractivity contribution in [2.75, 3.05) is 18.6 Å². The second kappa shape index (κ2) is 12.9. The number of anilines is 1. The number of Topliss-reactive ketones (excluding diaryl/α,β-unsaturated/α-hetero) is 1. The first-order chi connectivity index (χ1) is 20.6. The molecule has 1 atom stereocenters. The monoisotopic (exact) mass is 636 g/mol. The SMILES string of the molecule is COc1cc(C2C(C(=O)c3sc(C)nc3C)=C(O)C(=O)N2c2nnc(SCc3ccc(C)cc3)s2)ccc1OCC(C)C. The van der Waals surface area contributed by atoms with E-state index in [0.29, 0.717) is 55.3 Å². The lowest BCUT2D eigenvalue weighted by Gasteiger charge is -2.25. The fourth-order valence-electron chi connectivity index (χ4n) is 4.63. The molecule has 224 valence electrons. The zero-order valence-corrected chi connectivity index (χ0v) is 27.2. The average Bonchev–Trinajstić information content (AvgIpc) is 3.66. The summed E-state index contributed by atoms with van der Waals surface area (Å²) in [4.78, 5) is 33.7. The van der Waals surface area contributed by atoms with Crippen molar-refractivity contribution in [3.05, 3.63) is 86.1 Å². The maximum Gasteiger partial charge on any atom is 0.296 e. The number of benzene rings is 2. The smallest absolute Gasteiger partial charge is 0.296 e. The topological polar surface area (TPSA) is 115 Å². The molecule has 1 N–H and O–H groups in total. The molecule has 9 nitrogen and oxygen atoms in total. The normalized spacial score (nSPS) is 15.1. The molecule has 4 aromatic rings. The van der Waals surface area contributed by atoms with Gasteiger partial charge in [-0.15, -0.1) is 21.5 Å². The second-order valence-electron chi connectivity index (χ2n) is 10.6. The first-order valence-electron chi connectivity index (χ1n) is 13.6. The lowest BCUT2D eigenvalue weighted by Crippen LogP contribution is -2.31. The second-order valence-corrected chi connectivity index (χ2v) is 13.9. The standard InChI is InChI=1S/C31H32N4O5S3/c1-16(2)14-40-22-12-11-21(13-23(22)39-6)25-24(26(36)28-18(4)32-19(5)42-28)27(37)29(38)35(25)30-33-34-31(43-30)41-15-20-9-7-17(3)8-10-20/h7-13,16,25,37H,14-15H2,1-6H3. The molecule has 1 unspecified atom stereocenters. The number of methoxy groups -OCH3 is 1. The molecule has 0 radical (unpaired) electrons. The highest BCUT2D eigenvalue weighted by atomic mass is 32.2. The zero-order valence-electron chi connectivity index (χ0n) is 24.7. The van der Waals surface area contributed by atoms with Crippen molar-refractivity contribution in [2.45, 2.75) is 50.8 Å². The Morgan fingerprint density at radius 3 is 2.47 bits per heavy atom. The van der Waals surface area contributed by atoms with Gasteiger partial charge < -0.3 is 14.6 Å². The van der Waals surface area contributed by atoms with Gasteiger partial charge in [-0.25, -0.2) is 4.98 Å². The van der Waals surface area contributed by atoms with Gasteiger partial charge in [-0.2, -0.15) is 0 Å². The number of amides is 1. The molecule has 0 bridgehead atoms. The third kappa shape index (κ3) is 6.46. The molecular weight excluding hydrogens is 605 g/mol. The van der Waals surface area contributed by atoms with Crippen LogP contribution >= 0.6 is 34.4 Å². The van der Waals surface area contributed by atoms with Crippen molar-refractivity contribution in [3.63, 3.8) is 0 Å². The minimum absolute atomic E-state index is 0.0429. The van der Waals surface area contributed by atoms with Gasteiger partial charge in [-0.05, 0) is 49.9 Å². The minimum Gasteiger partial charge on any atom is -0.503 e. The van der Waals surface area contributed by atoms with Crippen molar-refractivity contribution < 1.29 is 24.2 Å². The van der Waals surface area contributed by atoms with Crippen molar-refractivity contribution in [1.82, 2.24) is 15.2 Å². The molecule has 43 heavy (non-hydrogen) atoms. The van der Waals surface area contributed by atoms with Gasteiger partial charge in [-0.1, -0.05) is 72.8 Å². The maximum atomic E-state index is 14.0. The molecule has 1 aliphatic rings. The van der Waals surface area contributed by atoms with Crippen LogP contribution in [0.4, 0.5) is 5.13 Å². The number of hydrogen-bond donors (Lipinski definition) is 1. The molecule has 2 aromatic carbocycles. The Labute approximate surface area is 262 Å². The Kier molecular flexibility index (Phi) is 9.19. The Balaban J connectivity index is 1.53. The Morgan fingerprint density at radius 1 is 1.07 bits per heavy atom. The number of nitrogens with zero attached hydrogens (tertiary/aromatic N) is 4. The summed E-state index contributed by atoms with van der Waals surface area (Å²) in [6.45, 7) is 10.2. The van der Waals surface area contributed by atoms with Gasteiger partial charge in [0.25, 0.3) is 5.91 Å². The molecule has 2 aromatic heterocycles. The summed E-state index contributed by atoms with van der Waals surface area (Å²) < 4.78 is 12.2. The van der Waals surface area contributed by atoms with Crippen LogP contribution < -0.4 is 14.4 Å². The Hall–Kier alpha value is -3.74. The van der Waals surface area contributed by atoms with E-state index in [4.69, 9.17) is 9.47 Å². The number of carbonyl (C=O) groups excluding carboxylic acids is 2. The van der Waals surface area contributed by atoms with Gasteiger partial charge in [0.05, 0.1) is 40.9 Å². The molecule has 0 saturated heterocycles. The summed E-state index contributed by atoms with van der Waals surface area (Å²) in [6.07, 6.45) is 0. The molecule has 3 heterocycles. The summed E-state index contributed by atoms with van der Waals surface area (Å²) >= 11 is 3.96. The third-order valence-corrected chi connectivity index (χ3v) is 9.92.